The normalized spacial score (nSPS) is 12.2. The first kappa shape index (κ1) is 25.8. The molecule has 220 valence electrons. The van der Waals surface area contributed by atoms with Gasteiger partial charge in [-0.05, 0) is 118 Å². The summed E-state index contributed by atoms with van der Waals surface area (Å²) in [5, 5.41) is 7.61. The third-order valence-corrected chi connectivity index (χ3v) is 10.6. The zero-order valence-corrected chi connectivity index (χ0v) is 26.0. The van der Waals surface area contributed by atoms with Crippen LogP contribution in [0.15, 0.2) is 164 Å². The summed E-state index contributed by atoms with van der Waals surface area (Å²) in [4.78, 5) is 5.00. The van der Waals surface area contributed by atoms with Crippen molar-refractivity contribution >= 4 is 32.3 Å². The fourth-order valence-corrected chi connectivity index (χ4v) is 8.55. The maximum absolute atomic E-state index is 5.00. The number of rotatable bonds is 3. The first-order valence-electron chi connectivity index (χ1n) is 16.6. The van der Waals surface area contributed by atoms with E-state index in [9.17, 15) is 0 Å². The minimum absolute atomic E-state index is 1.01. The summed E-state index contributed by atoms with van der Waals surface area (Å²) in [6.45, 7) is 0. The maximum Gasteiger partial charge on any atom is 0.0780 e. The first-order chi connectivity index (χ1) is 23.8. The number of benzene rings is 8. The smallest absolute Gasteiger partial charge is 0.0780 e. The number of fused-ring (bicyclic) bond motifs is 7. The van der Waals surface area contributed by atoms with E-state index in [1.165, 1.54) is 93.7 Å². The minimum atomic E-state index is 1.01. The molecule has 9 aromatic rings. The van der Waals surface area contributed by atoms with Crippen molar-refractivity contribution in [2.45, 2.75) is 0 Å². The van der Waals surface area contributed by atoms with E-state index in [-0.39, 0.29) is 0 Å². The third-order valence-electron chi connectivity index (χ3n) is 10.6. The van der Waals surface area contributed by atoms with Gasteiger partial charge < -0.3 is 0 Å². The molecule has 0 spiro atoms. The van der Waals surface area contributed by atoms with Crippen molar-refractivity contribution in [1.82, 2.24) is 4.98 Å². The van der Waals surface area contributed by atoms with Gasteiger partial charge in [-0.15, -0.1) is 0 Å². The van der Waals surface area contributed by atoms with Crippen molar-refractivity contribution in [3.8, 4) is 78.0 Å². The lowest BCUT2D eigenvalue weighted by atomic mass is 9.88. The average molecular weight is 606 g/mol. The topological polar surface area (TPSA) is 12.9 Å². The number of hydrogen-bond acceptors (Lipinski definition) is 1. The van der Waals surface area contributed by atoms with E-state index in [2.05, 4.69) is 158 Å². The highest BCUT2D eigenvalue weighted by molar-refractivity contribution is 6.20. The van der Waals surface area contributed by atoms with Crippen molar-refractivity contribution in [3.63, 3.8) is 0 Å². The lowest BCUT2D eigenvalue weighted by molar-refractivity contribution is 1.36. The molecule has 11 rings (SSSR count). The standard InChI is InChI=1S/C47H27N/c1-2-10-34-28(9-1)23-24-48-47(34)31-26-29(32-19-21-43-37-13-5-3-11-35(37)41-17-7-15-39(32)45(41)43)25-30(27-31)33-20-22-44-38-14-6-4-12-36(38)42-18-8-16-40(33)46(42)44/h1-27H. The van der Waals surface area contributed by atoms with Gasteiger partial charge in [0.1, 0.15) is 0 Å². The highest BCUT2D eigenvalue weighted by Crippen LogP contribution is 2.51. The molecule has 0 unspecified atom stereocenters. The summed E-state index contributed by atoms with van der Waals surface area (Å²) in [7, 11) is 0. The van der Waals surface area contributed by atoms with Crippen LogP contribution in [0.5, 0.6) is 0 Å². The van der Waals surface area contributed by atoms with Crippen molar-refractivity contribution in [1.29, 1.82) is 0 Å². The minimum Gasteiger partial charge on any atom is -0.256 e. The Labute approximate surface area is 278 Å². The molecular formula is C47H27N. The Kier molecular flexibility index (Phi) is 5.17. The average Bonchev–Trinajstić information content (AvgIpc) is 3.66. The second-order valence-corrected chi connectivity index (χ2v) is 13.0. The van der Waals surface area contributed by atoms with Gasteiger partial charge in [-0.25, -0.2) is 0 Å². The van der Waals surface area contributed by atoms with E-state index in [1.807, 2.05) is 6.20 Å². The van der Waals surface area contributed by atoms with Gasteiger partial charge >= 0.3 is 0 Å². The van der Waals surface area contributed by atoms with Gasteiger partial charge in [-0.2, -0.15) is 0 Å². The van der Waals surface area contributed by atoms with Gasteiger partial charge in [-0.3, -0.25) is 4.98 Å². The maximum atomic E-state index is 5.00. The van der Waals surface area contributed by atoms with Gasteiger partial charge in [0.05, 0.1) is 5.69 Å². The highest BCUT2D eigenvalue weighted by atomic mass is 14.7. The first-order valence-corrected chi connectivity index (χ1v) is 16.6. The van der Waals surface area contributed by atoms with Crippen LogP contribution < -0.4 is 0 Å². The number of aromatic nitrogens is 1. The van der Waals surface area contributed by atoms with E-state index >= 15 is 0 Å². The van der Waals surface area contributed by atoms with Crippen molar-refractivity contribution in [2.75, 3.05) is 0 Å². The molecule has 8 aromatic carbocycles. The Bertz CT molecular complexity index is 2620. The van der Waals surface area contributed by atoms with E-state index in [1.54, 1.807) is 0 Å². The molecule has 48 heavy (non-hydrogen) atoms. The zero-order chi connectivity index (χ0) is 31.3. The predicted octanol–water partition coefficient (Wildman–Crippen LogP) is 12.8. The fourth-order valence-electron chi connectivity index (χ4n) is 8.55. The van der Waals surface area contributed by atoms with Gasteiger partial charge in [-0.1, -0.05) is 133 Å². The molecule has 0 aliphatic heterocycles. The van der Waals surface area contributed by atoms with Crippen LogP contribution in [0.3, 0.4) is 0 Å². The van der Waals surface area contributed by atoms with Crippen LogP contribution in [0.25, 0.3) is 110 Å². The molecule has 0 radical (unpaired) electrons. The summed E-state index contributed by atoms with van der Waals surface area (Å²) in [5.41, 5.74) is 17.6. The van der Waals surface area contributed by atoms with Crippen LogP contribution in [0.2, 0.25) is 0 Å². The van der Waals surface area contributed by atoms with Crippen molar-refractivity contribution in [2.24, 2.45) is 0 Å². The largest absolute Gasteiger partial charge is 0.256 e. The van der Waals surface area contributed by atoms with Crippen molar-refractivity contribution < 1.29 is 0 Å². The van der Waals surface area contributed by atoms with Gasteiger partial charge in [0.25, 0.3) is 0 Å². The fraction of sp³-hybridized carbons (Fsp3) is 0. The summed E-state index contributed by atoms with van der Waals surface area (Å²) >= 11 is 0. The van der Waals surface area contributed by atoms with Crippen LogP contribution >= 0.6 is 0 Å². The Morgan fingerprint density at radius 1 is 0.292 bits per heavy atom. The molecule has 1 nitrogen and oxygen atoms in total. The van der Waals surface area contributed by atoms with Gasteiger partial charge in [0, 0.05) is 17.1 Å². The predicted molar refractivity (Wildman–Crippen MR) is 202 cm³/mol. The summed E-state index contributed by atoms with van der Waals surface area (Å²) in [6, 6.07) is 58.2. The highest BCUT2D eigenvalue weighted by Gasteiger charge is 2.25. The Hall–Kier alpha value is -6.31. The molecule has 0 saturated carbocycles. The van der Waals surface area contributed by atoms with E-state index < -0.39 is 0 Å². The second kappa shape index (κ2) is 9.61. The van der Waals surface area contributed by atoms with Crippen LogP contribution in [0.1, 0.15) is 0 Å². The summed E-state index contributed by atoms with van der Waals surface area (Å²) in [5.74, 6) is 0. The SMILES string of the molecule is c1ccc2c(c1)-c1cccc3c(-c4cc(-c5nccc6ccccc56)cc(-c5ccc6c7c(cccc57)-c5ccccc5-6)c4)ccc-2c13. The Morgan fingerprint density at radius 2 is 0.708 bits per heavy atom. The van der Waals surface area contributed by atoms with Gasteiger partial charge in [0.2, 0.25) is 0 Å². The summed E-state index contributed by atoms with van der Waals surface area (Å²) < 4.78 is 0. The lowest BCUT2D eigenvalue weighted by Gasteiger charge is -2.16. The number of pyridine rings is 1. The Balaban J connectivity index is 1.20. The van der Waals surface area contributed by atoms with E-state index in [4.69, 9.17) is 4.98 Å². The zero-order valence-electron chi connectivity index (χ0n) is 26.0. The lowest BCUT2D eigenvalue weighted by Crippen LogP contribution is -1.91. The molecule has 0 bridgehead atoms. The molecule has 0 atom stereocenters. The summed E-state index contributed by atoms with van der Waals surface area (Å²) in [6.07, 6.45) is 1.94. The molecule has 0 saturated heterocycles. The Morgan fingerprint density at radius 3 is 1.27 bits per heavy atom. The molecule has 1 aromatic heterocycles. The van der Waals surface area contributed by atoms with Crippen LogP contribution in [0.4, 0.5) is 0 Å². The van der Waals surface area contributed by atoms with Gasteiger partial charge in [0.15, 0.2) is 0 Å². The van der Waals surface area contributed by atoms with Crippen LogP contribution in [0, 0.1) is 0 Å². The molecule has 2 aliphatic carbocycles. The molecule has 2 aliphatic rings. The molecule has 0 fully saturated rings. The quantitative estimate of drug-likeness (QED) is 0.195. The van der Waals surface area contributed by atoms with Crippen LogP contribution in [-0.4, -0.2) is 4.98 Å². The molecule has 1 heterocycles. The molecule has 1 heteroatoms. The van der Waals surface area contributed by atoms with E-state index in [0.29, 0.717) is 0 Å². The monoisotopic (exact) mass is 605 g/mol. The van der Waals surface area contributed by atoms with Crippen LogP contribution in [-0.2, 0) is 0 Å². The third kappa shape index (κ3) is 3.48. The molecule has 0 N–H and O–H groups in total. The number of hydrogen-bond donors (Lipinski definition) is 0. The molecular weight excluding hydrogens is 579 g/mol. The second-order valence-electron chi connectivity index (χ2n) is 13.0. The van der Waals surface area contributed by atoms with E-state index in [0.717, 1.165) is 16.6 Å². The van der Waals surface area contributed by atoms with Crippen molar-refractivity contribution in [3.05, 3.63) is 164 Å². The molecule has 0 amide bonds. The number of nitrogens with zero attached hydrogens (tertiary/aromatic N) is 1.